The lowest BCUT2D eigenvalue weighted by Crippen LogP contribution is -2.38. The summed E-state index contributed by atoms with van der Waals surface area (Å²) in [6.07, 6.45) is -0.926. The SMILES string of the molecule is CN1C(=O)C2=C(c3cccc(C#N)c3)N(C(=O)OC(C)(C)C)C(=O)C2=C1c1cccc(C#N)c1. The van der Waals surface area contributed by atoms with Crippen LogP contribution >= 0.6 is 0 Å². The highest BCUT2D eigenvalue weighted by atomic mass is 16.6. The highest BCUT2D eigenvalue weighted by Crippen LogP contribution is 2.46. The van der Waals surface area contributed by atoms with Gasteiger partial charge in [-0.2, -0.15) is 10.5 Å². The van der Waals surface area contributed by atoms with E-state index in [1.165, 1.54) is 18.0 Å². The van der Waals surface area contributed by atoms with Gasteiger partial charge in [0.25, 0.3) is 11.8 Å². The molecule has 0 unspecified atom stereocenters. The maximum absolute atomic E-state index is 13.7. The molecular weight excluding hydrogens is 432 g/mol. The molecular formula is C26H20N4O4. The van der Waals surface area contributed by atoms with Gasteiger partial charge in [-0.05, 0) is 45.0 Å². The van der Waals surface area contributed by atoms with Crippen LogP contribution in [-0.2, 0) is 14.3 Å². The maximum Gasteiger partial charge on any atom is 0.422 e. The summed E-state index contributed by atoms with van der Waals surface area (Å²) in [6, 6.07) is 17.0. The zero-order chi connectivity index (χ0) is 24.8. The number of rotatable bonds is 2. The Kier molecular flexibility index (Phi) is 5.31. The van der Waals surface area contributed by atoms with E-state index in [-0.39, 0.29) is 16.8 Å². The molecule has 168 valence electrons. The van der Waals surface area contributed by atoms with Crippen LogP contribution in [0.1, 0.15) is 43.0 Å². The van der Waals surface area contributed by atoms with Crippen LogP contribution < -0.4 is 0 Å². The first kappa shape index (κ1) is 22.5. The van der Waals surface area contributed by atoms with Gasteiger partial charge in [0.2, 0.25) is 0 Å². The molecule has 0 atom stereocenters. The minimum atomic E-state index is -0.926. The molecule has 0 saturated carbocycles. The Bertz CT molecular complexity index is 1410. The van der Waals surface area contributed by atoms with E-state index in [0.29, 0.717) is 28.0 Å². The average Bonchev–Trinajstić information content (AvgIpc) is 3.24. The summed E-state index contributed by atoms with van der Waals surface area (Å²) in [5.41, 5.74) is 1.08. The highest BCUT2D eigenvalue weighted by molar-refractivity contribution is 6.33. The van der Waals surface area contributed by atoms with Gasteiger partial charge in [-0.3, -0.25) is 9.59 Å². The van der Waals surface area contributed by atoms with E-state index in [2.05, 4.69) is 0 Å². The summed E-state index contributed by atoms with van der Waals surface area (Å²) in [6.45, 7) is 5.02. The molecule has 0 fully saturated rings. The Morgan fingerprint density at radius 2 is 1.35 bits per heavy atom. The number of benzene rings is 2. The Balaban J connectivity index is 2.02. The van der Waals surface area contributed by atoms with Crippen molar-refractivity contribution in [2.75, 3.05) is 7.05 Å². The van der Waals surface area contributed by atoms with Crippen LogP contribution in [-0.4, -0.2) is 40.4 Å². The molecule has 2 aromatic carbocycles. The number of hydrogen-bond acceptors (Lipinski definition) is 6. The van der Waals surface area contributed by atoms with Gasteiger partial charge in [0.05, 0.1) is 45.8 Å². The van der Waals surface area contributed by atoms with Gasteiger partial charge in [-0.15, -0.1) is 0 Å². The van der Waals surface area contributed by atoms with Crippen molar-refractivity contribution in [3.05, 3.63) is 81.9 Å². The minimum absolute atomic E-state index is 0.0470. The van der Waals surface area contributed by atoms with Gasteiger partial charge in [0.15, 0.2) is 0 Å². The number of likely N-dealkylation sites (N-methyl/N-ethyl adjacent to an activating group) is 1. The second-order valence-corrected chi connectivity index (χ2v) is 8.82. The van der Waals surface area contributed by atoms with Crippen molar-refractivity contribution < 1.29 is 19.1 Å². The summed E-state index contributed by atoms with van der Waals surface area (Å²) in [7, 11) is 1.53. The van der Waals surface area contributed by atoms with E-state index in [1.807, 2.05) is 12.1 Å². The molecule has 4 rings (SSSR count). The maximum atomic E-state index is 13.7. The molecule has 2 aromatic rings. The second-order valence-electron chi connectivity index (χ2n) is 8.82. The summed E-state index contributed by atoms with van der Waals surface area (Å²) >= 11 is 0. The van der Waals surface area contributed by atoms with Crippen LogP contribution in [0.4, 0.5) is 4.79 Å². The van der Waals surface area contributed by atoms with Gasteiger partial charge in [0, 0.05) is 18.2 Å². The first-order chi connectivity index (χ1) is 16.1. The van der Waals surface area contributed by atoms with Crippen molar-refractivity contribution in [1.82, 2.24) is 9.80 Å². The van der Waals surface area contributed by atoms with Crippen LogP contribution in [0.3, 0.4) is 0 Å². The lowest BCUT2D eigenvalue weighted by molar-refractivity contribution is -0.123. The average molecular weight is 452 g/mol. The molecule has 0 N–H and O–H groups in total. The molecule has 0 aromatic heterocycles. The van der Waals surface area contributed by atoms with Crippen LogP contribution in [0.25, 0.3) is 11.4 Å². The molecule has 0 spiro atoms. The van der Waals surface area contributed by atoms with Crippen molar-refractivity contribution in [3.63, 3.8) is 0 Å². The number of nitrogens with zero attached hydrogens (tertiary/aromatic N) is 4. The molecule has 2 heterocycles. The van der Waals surface area contributed by atoms with Crippen LogP contribution in [0.2, 0.25) is 0 Å². The Morgan fingerprint density at radius 3 is 1.85 bits per heavy atom. The quantitative estimate of drug-likeness (QED) is 0.685. The second kappa shape index (κ2) is 8.02. The Labute approximate surface area is 196 Å². The first-order valence-electron chi connectivity index (χ1n) is 10.4. The summed E-state index contributed by atoms with van der Waals surface area (Å²) in [5, 5.41) is 18.7. The summed E-state index contributed by atoms with van der Waals surface area (Å²) in [4.78, 5) is 42.5. The predicted octanol–water partition coefficient (Wildman–Crippen LogP) is 3.80. The molecule has 8 nitrogen and oxygen atoms in total. The van der Waals surface area contributed by atoms with Crippen molar-refractivity contribution >= 4 is 29.3 Å². The molecule has 2 aliphatic heterocycles. The molecule has 3 amide bonds. The van der Waals surface area contributed by atoms with Crippen LogP contribution in [0, 0.1) is 22.7 Å². The Morgan fingerprint density at radius 1 is 0.853 bits per heavy atom. The number of carbonyl (C=O) groups excluding carboxylic acids is 3. The third-order valence-electron chi connectivity index (χ3n) is 5.32. The van der Waals surface area contributed by atoms with Gasteiger partial charge in [0.1, 0.15) is 5.60 Å². The third kappa shape index (κ3) is 3.62. The minimum Gasteiger partial charge on any atom is -0.443 e. The van der Waals surface area contributed by atoms with E-state index >= 15 is 0 Å². The van der Waals surface area contributed by atoms with Crippen molar-refractivity contribution in [2.24, 2.45) is 0 Å². The fourth-order valence-corrected chi connectivity index (χ4v) is 3.98. The number of ether oxygens (including phenoxy) is 1. The smallest absolute Gasteiger partial charge is 0.422 e. The van der Waals surface area contributed by atoms with Gasteiger partial charge < -0.3 is 9.64 Å². The van der Waals surface area contributed by atoms with E-state index in [9.17, 15) is 24.9 Å². The van der Waals surface area contributed by atoms with E-state index < -0.39 is 23.5 Å². The fourth-order valence-electron chi connectivity index (χ4n) is 3.98. The molecule has 0 saturated heterocycles. The van der Waals surface area contributed by atoms with Crippen molar-refractivity contribution in [1.29, 1.82) is 10.5 Å². The van der Waals surface area contributed by atoms with Crippen molar-refractivity contribution in [2.45, 2.75) is 26.4 Å². The zero-order valence-corrected chi connectivity index (χ0v) is 19.0. The normalized spacial score (nSPS) is 15.5. The standard InChI is InChI=1S/C26H20N4O4/c1-26(2,3)34-25(33)30-22(18-10-6-8-16(12-18)14-28)20-19(24(30)32)21(29(4)23(20)31)17-9-5-7-15(11-17)13-27/h5-12H,1-4H3. The Hall–Kier alpha value is -4.69. The topological polar surface area (TPSA) is 114 Å². The summed E-state index contributed by atoms with van der Waals surface area (Å²) in [5.74, 6) is -1.19. The lowest BCUT2D eigenvalue weighted by atomic mass is 10.0. The fraction of sp³-hybridized carbons (Fsp3) is 0.192. The highest BCUT2D eigenvalue weighted by Gasteiger charge is 2.51. The molecule has 2 aliphatic rings. The van der Waals surface area contributed by atoms with Gasteiger partial charge >= 0.3 is 6.09 Å². The number of amides is 3. The number of hydrogen-bond donors (Lipinski definition) is 0. The van der Waals surface area contributed by atoms with Gasteiger partial charge in [-0.1, -0.05) is 24.3 Å². The number of carbonyl (C=O) groups is 3. The molecule has 0 radical (unpaired) electrons. The largest absolute Gasteiger partial charge is 0.443 e. The summed E-state index contributed by atoms with van der Waals surface area (Å²) < 4.78 is 5.48. The third-order valence-corrected chi connectivity index (χ3v) is 5.32. The molecule has 8 heteroatoms. The van der Waals surface area contributed by atoms with Gasteiger partial charge in [-0.25, -0.2) is 9.69 Å². The van der Waals surface area contributed by atoms with E-state index in [1.54, 1.807) is 63.2 Å². The number of imide groups is 1. The number of fused-ring (bicyclic) bond motifs is 1. The van der Waals surface area contributed by atoms with Crippen LogP contribution in [0.15, 0.2) is 59.7 Å². The molecule has 34 heavy (non-hydrogen) atoms. The van der Waals surface area contributed by atoms with E-state index in [4.69, 9.17) is 4.74 Å². The lowest BCUT2D eigenvalue weighted by Gasteiger charge is -2.26. The van der Waals surface area contributed by atoms with E-state index in [0.717, 1.165) is 4.90 Å². The molecule has 0 aliphatic carbocycles. The van der Waals surface area contributed by atoms with Crippen LogP contribution in [0.5, 0.6) is 0 Å². The zero-order valence-electron chi connectivity index (χ0n) is 19.0. The monoisotopic (exact) mass is 452 g/mol. The molecule has 0 bridgehead atoms. The van der Waals surface area contributed by atoms with Crippen molar-refractivity contribution in [3.8, 4) is 12.1 Å². The first-order valence-corrected chi connectivity index (χ1v) is 10.4. The number of nitriles is 2. The predicted molar refractivity (Wildman–Crippen MR) is 122 cm³/mol.